The molecule has 0 spiro atoms. The second-order valence-electron chi connectivity index (χ2n) is 6.97. The van der Waals surface area contributed by atoms with E-state index < -0.39 is 10.0 Å². The normalized spacial score (nSPS) is 22.2. The molecule has 0 bridgehead atoms. The van der Waals surface area contributed by atoms with Gasteiger partial charge in [0.05, 0.1) is 11.7 Å². The SMILES string of the molecule is O=S(=O)(c1cccc2nsnc12)N1CCN(C2CCCCCC2)CC1. The molecule has 2 aromatic rings. The Bertz CT molecular complexity index is 820. The maximum absolute atomic E-state index is 13.1. The van der Waals surface area contributed by atoms with Crippen molar-refractivity contribution in [3.05, 3.63) is 18.2 Å². The first-order valence-electron chi connectivity index (χ1n) is 9.12. The van der Waals surface area contributed by atoms with Gasteiger partial charge in [-0.25, -0.2) is 8.42 Å². The first-order valence-corrected chi connectivity index (χ1v) is 11.3. The highest BCUT2D eigenvalue weighted by Gasteiger charge is 2.32. The lowest BCUT2D eigenvalue weighted by Crippen LogP contribution is -2.51. The quantitative estimate of drug-likeness (QED) is 0.766. The Balaban J connectivity index is 1.49. The summed E-state index contributed by atoms with van der Waals surface area (Å²) in [5.41, 5.74) is 1.15. The second-order valence-corrected chi connectivity index (χ2v) is 9.41. The summed E-state index contributed by atoms with van der Waals surface area (Å²) in [6.45, 7) is 2.78. The Kier molecular flexibility index (Phi) is 5.04. The monoisotopic (exact) mass is 380 g/mol. The van der Waals surface area contributed by atoms with Crippen molar-refractivity contribution in [2.45, 2.75) is 49.5 Å². The van der Waals surface area contributed by atoms with E-state index in [4.69, 9.17) is 0 Å². The largest absolute Gasteiger partial charge is 0.298 e. The molecule has 0 amide bonds. The number of hydrogen-bond acceptors (Lipinski definition) is 6. The van der Waals surface area contributed by atoms with Crippen molar-refractivity contribution >= 4 is 32.8 Å². The predicted octanol–water partition coefficient (Wildman–Crippen LogP) is 2.72. The zero-order valence-electron chi connectivity index (χ0n) is 14.3. The van der Waals surface area contributed by atoms with Gasteiger partial charge in [0.15, 0.2) is 0 Å². The summed E-state index contributed by atoms with van der Waals surface area (Å²) in [4.78, 5) is 2.80. The summed E-state index contributed by atoms with van der Waals surface area (Å²) in [7, 11) is -3.51. The molecule has 8 heteroatoms. The van der Waals surface area contributed by atoms with Gasteiger partial charge in [-0.3, -0.25) is 4.90 Å². The molecule has 2 fully saturated rings. The van der Waals surface area contributed by atoms with Crippen LogP contribution in [0.5, 0.6) is 0 Å². The molecule has 1 aromatic heterocycles. The minimum Gasteiger partial charge on any atom is -0.298 e. The van der Waals surface area contributed by atoms with Gasteiger partial charge in [0.2, 0.25) is 10.0 Å². The smallest absolute Gasteiger partial charge is 0.245 e. The maximum atomic E-state index is 13.1. The number of sulfonamides is 1. The third-order valence-electron chi connectivity index (χ3n) is 5.48. The van der Waals surface area contributed by atoms with Crippen molar-refractivity contribution < 1.29 is 8.42 Å². The number of aromatic nitrogens is 2. The lowest BCUT2D eigenvalue weighted by molar-refractivity contribution is 0.126. The minimum absolute atomic E-state index is 0.293. The van der Waals surface area contributed by atoms with Crippen LogP contribution in [0, 0.1) is 0 Å². The summed E-state index contributed by atoms with van der Waals surface area (Å²) >= 11 is 1.06. The van der Waals surface area contributed by atoms with E-state index in [0.29, 0.717) is 35.1 Å². The summed E-state index contributed by atoms with van der Waals surface area (Å²) in [6.07, 6.45) is 7.82. The van der Waals surface area contributed by atoms with Crippen LogP contribution in [-0.2, 0) is 10.0 Å². The molecule has 1 saturated carbocycles. The van der Waals surface area contributed by atoms with Crippen LogP contribution in [-0.4, -0.2) is 58.6 Å². The van der Waals surface area contributed by atoms with Gasteiger partial charge in [0, 0.05) is 32.2 Å². The fourth-order valence-corrected chi connectivity index (χ4v) is 6.24. The number of benzene rings is 1. The van der Waals surface area contributed by atoms with E-state index in [1.807, 2.05) is 6.07 Å². The number of nitrogens with zero attached hydrogens (tertiary/aromatic N) is 4. The van der Waals surface area contributed by atoms with Crippen LogP contribution in [0.2, 0.25) is 0 Å². The molecule has 0 radical (unpaired) electrons. The third kappa shape index (κ3) is 3.45. The highest BCUT2D eigenvalue weighted by molar-refractivity contribution is 7.89. The molecule has 0 N–H and O–H groups in total. The van der Waals surface area contributed by atoms with E-state index in [9.17, 15) is 8.42 Å². The first kappa shape index (κ1) is 17.3. The molecule has 2 aliphatic rings. The summed E-state index contributed by atoms with van der Waals surface area (Å²) in [5, 5.41) is 0. The predicted molar refractivity (Wildman–Crippen MR) is 99.2 cm³/mol. The Morgan fingerprint density at radius 3 is 2.40 bits per heavy atom. The lowest BCUT2D eigenvalue weighted by atomic mass is 10.1. The summed E-state index contributed by atoms with van der Waals surface area (Å²) < 4.78 is 36.1. The number of piperazine rings is 1. The van der Waals surface area contributed by atoms with E-state index in [2.05, 4.69) is 13.6 Å². The minimum atomic E-state index is -3.51. The fourth-order valence-electron chi connectivity index (χ4n) is 4.06. The Morgan fingerprint density at radius 1 is 0.960 bits per heavy atom. The Labute approximate surface area is 153 Å². The van der Waals surface area contributed by atoms with E-state index in [1.54, 1.807) is 16.4 Å². The van der Waals surface area contributed by atoms with Gasteiger partial charge in [-0.05, 0) is 25.0 Å². The zero-order chi connectivity index (χ0) is 17.3. The van der Waals surface area contributed by atoms with Gasteiger partial charge in [-0.15, -0.1) is 0 Å². The molecular formula is C17H24N4O2S2. The lowest BCUT2D eigenvalue weighted by Gasteiger charge is -2.38. The number of rotatable bonds is 3. The Morgan fingerprint density at radius 2 is 1.68 bits per heavy atom. The molecule has 1 aromatic carbocycles. The summed E-state index contributed by atoms with van der Waals surface area (Å²) in [5.74, 6) is 0. The first-order chi connectivity index (χ1) is 12.2. The van der Waals surface area contributed by atoms with Crippen LogP contribution in [0.15, 0.2) is 23.1 Å². The standard InChI is InChI=1S/C17H24N4O2S2/c22-25(23,16-9-5-8-15-17(16)19-24-18-15)21-12-10-20(11-13-21)14-6-3-1-2-4-7-14/h5,8-9,14H,1-4,6-7,10-13H2. The van der Waals surface area contributed by atoms with Crippen LogP contribution >= 0.6 is 11.7 Å². The van der Waals surface area contributed by atoms with Crippen LogP contribution in [0.1, 0.15) is 38.5 Å². The molecule has 6 nitrogen and oxygen atoms in total. The molecule has 0 atom stereocenters. The molecule has 136 valence electrons. The van der Waals surface area contributed by atoms with E-state index in [0.717, 1.165) is 24.8 Å². The number of fused-ring (bicyclic) bond motifs is 1. The van der Waals surface area contributed by atoms with Gasteiger partial charge in [-0.1, -0.05) is 31.7 Å². The molecule has 1 aliphatic heterocycles. The van der Waals surface area contributed by atoms with E-state index in [1.165, 1.54) is 38.5 Å². The Hall–Kier alpha value is -1.09. The molecular weight excluding hydrogens is 356 g/mol. The summed E-state index contributed by atoms with van der Waals surface area (Å²) in [6, 6.07) is 5.84. The average Bonchev–Trinajstić information content (AvgIpc) is 2.95. The molecule has 4 rings (SSSR count). The second kappa shape index (κ2) is 7.26. The van der Waals surface area contributed by atoms with Gasteiger partial charge in [0.25, 0.3) is 0 Å². The van der Waals surface area contributed by atoms with Crippen molar-refractivity contribution in [2.24, 2.45) is 0 Å². The molecule has 1 saturated heterocycles. The van der Waals surface area contributed by atoms with E-state index in [-0.39, 0.29) is 0 Å². The average molecular weight is 381 g/mol. The molecule has 1 aliphatic carbocycles. The van der Waals surface area contributed by atoms with Crippen LogP contribution < -0.4 is 0 Å². The highest BCUT2D eigenvalue weighted by Crippen LogP contribution is 2.27. The molecule has 2 heterocycles. The van der Waals surface area contributed by atoms with Gasteiger partial charge < -0.3 is 0 Å². The van der Waals surface area contributed by atoms with Crippen LogP contribution in [0.3, 0.4) is 0 Å². The van der Waals surface area contributed by atoms with E-state index >= 15 is 0 Å². The molecule has 25 heavy (non-hydrogen) atoms. The van der Waals surface area contributed by atoms with Crippen molar-refractivity contribution in [1.82, 2.24) is 18.0 Å². The topological polar surface area (TPSA) is 66.4 Å². The third-order valence-corrected chi connectivity index (χ3v) is 7.95. The van der Waals surface area contributed by atoms with Crippen molar-refractivity contribution in [3.63, 3.8) is 0 Å². The molecule has 0 unspecified atom stereocenters. The number of hydrogen-bond donors (Lipinski definition) is 0. The van der Waals surface area contributed by atoms with Crippen LogP contribution in [0.25, 0.3) is 11.0 Å². The highest BCUT2D eigenvalue weighted by atomic mass is 32.2. The maximum Gasteiger partial charge on any atom is 0.245 e. The zero-order valence-corrected chi connectivity index (χ0v) is 15.9. The fraction of sp³-hybridized carbons (Fsp3) is 0.647. The van der Waals surface area contributed by atoms with Crippen LogP contribution in [0.4, 0.5) is 0 Å². The van der Waals surface area contributed by atoms with Gasteiger partial charge in [-0.2, -0.15) is 13.1 Å². The van der Waals surface area contributed by atoms with Gasteiger partial charge in [0.1, 0.15) is 15.9 Å². The van der Waals surface area contributed by atoms with Gasteiger partial charge >= 0.3 is 0 Å². The van der Waals surface area contributed by atoms with Crippen molar-refractivity contribution in [1.29, 1.82) is 0 Å². The van der Waals surface area contributed by atoms with Crippen molar-refractivity contribution in [2.75, 3.05) is 26.2 Å². The van der Waals surface area contributed by atoms with Crippen molar-refractivity contribution in [3.8, 4) is 0 Å².